The quantitative estimate of drug-likeness (QED) is 0.763. The summed E-state index contributed by atoms with van der Waals surface area (Å²) < 4.78 is 5.30. The first-order chi connectivity index (χ1) is 7.25. The molecule has 1 aromatic rings. The largest absolute Gasteiger partial charge is 0.447 e. The smallest absolute Gasteiger partial charge is 0.181 e. The maximum absolute atomic E-state index is 5.30. The van der Waals surface area contributed by atoms with E-state index in [0.29, 0.717) is 0 Å². The average molecular weight is 209 g/mol. The minimum absolute atomic E-state index is 0.797. The molecule has 0 radical (unpaired) electrons. The van der Waals surface area contributed by atoms with Gasteiger partial charge in [0.15, 0.2) is 6.39 Å². The first-order valence-electron chi connectivity index (χ1n) is 5.56. The lowest BCUT2D eigenvalue weighted by molar-refractivity contribution is 0.292. The van der Waals surface area contributed by atoms with E-state index in [-0.39, 0.29) is 0 Å². The average Bonchev–Trinajstić information content (AvgIpc) is 2.93. The van der Waals surface area contributed by atoms with Crippen LogP contribution in [0.2, 0.25) is 0 Å². The number of nitrogens with one attached hydrogen (secondary N) is 1. The number of rotatable bonds is 6. The van der Waals surface area contributed by atoms with Crippen molar-refractivity contribution >= 4 is 0 Å². The van der Waals surface area contributed by atoms with E-state index in [9.17, 15) is 0 Å². The van der Waals surface area contributed by atoms with Gasteiger partial charge in [-0.15, -0.1) is 0 Å². The number of nitrogens with zero attached hydrogens (tertiary/aromatic N) is 2. The molecule has 84 valence electrons. The van der Waals surface area contributed by atoms with Gasteiger partial charge in [-0.1, -0.05) is 0 Å². The van der Waals surface area contributed by atoms with Gasteiger partial charge in [0.05, 0.1) is 12.2 Å². The third kappa shape index (κ3) is 3.32. The number of likely N-dealkylation sites (N-methyl/N-ethyl adjacent to an activating group) is 1. The van der Waals surface area contributed by atoms with E-state index in [4.69, 9.17) is 4.42 Å². The number of aromatic nitrogens is 1. The fourth-order valence-electron chi connectivity index (χ4n) is 1.55. The van der Waals surface area contributed by atoms with E-state index in [0.717, 1.165) is 37.1 Å². The molecular formula is C11H19N3O. The van der Waals surface area contributed by atoms with Gasteiger partial charge in [0, 0.05) is 19.1 Å². The van der Waals surface area contributed by atoms with Gasteiger partial charge in [0.1, 0.15) is 5.76 Å². The zero-order valence-electron chi connectivity index (χ0n) is 9.49. The molecular weight excluding hydrogens is 190 g/mol. The van der Waals surface area contributed by atoms with Crippen LogP contribution in [0, 0.1) is 6.92 Å². The zero-order valence-corrected chi connectivity index (χ0v) is 9.49. The molecule has 0 amide bonds. The minimum Gasteiger partial charge on any atom is -0.447 e. The molecule has 4 heteroatoms. The summed E-state index contributed by atoms with van der Waals surface area (Å²) in [5, 5.41) is 3.49. The Labute approximate surface area is 90.7 Å². The standard InChI is InChI=1S/C11H19N3O/c1-9-11(15-8-13-9)7-14(2)6-5-12-10-3-4-10/h8,10,12H,3-7H2,1-2H3. The van der Waals surface area contributed by atoms with Crippen LogP contribution in [0.4, 0.5) is 0 Å². The summed E-state index contributed by atoms with van der Waals surface area (Å²) in [5.41, 5.74) is 0.997. The Balaban J connectivity index is 1.67. The summed E-state index contributed by atoms with van der Waals surface area (Å²) in [6.07, 6.45) is 4.22. The summed E-state index contributed by atoms with van der Waals surface area (Å²) in [6.45, 7) is 4.94. The maximum Gasteiger partial charge on any atom is 0.181 e. The second-order valence-electron chi connectivity index (χ2n) is 4.33. The lowest BCUT2D eigenvalue weighted by atomic mass is 10.3. The molecule has 2 rings (SSSR count). The highest BCUT2D eigenvalue weighted by Gasteiger charge is 2.19. The zero-order chi connectivity index (χ0) is 10.7. The molecule has 0 unspecified atom stereocenters. The molecule has 0 aromatic carbocycles. The van der Waals surface area contributed by atoms with Crippen LogP contribution >= 0.6 is 0 Å². The molecule has 4 nitrogen and oxygen atoms in total. The maximum atomic E-state index is 5.30. The molecule has 1 aliphatic rings. The number of aryl methyl sites for hydroxylation is 1. The molecule has 1 aromatic heterocycles. The molecule has 0 bridgehead atoms. The molecule has 1 saturated carbocycles. The van der Waals surface area contributed by atoms with Crippen molar-refractivity contribution in [2.45, 2.75) is 32.4 Å². The van der Waals surface area contributed by atoms with Crippen LogP contribution in [-0.2, 0) is 6.54 Å². The highest BCUT2D eigenvalue weighted by Crippen LogP contribution is 2.18. The third-order valence-corrected chi connectivity index (χ3v) is 2.76. The van der Waals surface area contributed by atoms with Crippen LogP contribution < -0.4 is 5.32 Å². The topological polar surface area (TPSA) is 41.3 Å². The molecule has 0 spiro atoms. The van der Waals surface area contributed by atoms with E-state index in [1.807, 2.05) is 6.92 Å². The van der Waals surface area contributed by atoms with Crippen molar-refractivity contribution in [3.63, 3.8) is 0 Å². The van der Waals surface area contributed by atoms with Crippen molar-refractivity contribution in [1.82, 2.24) is 15.2 Å². The van der Waals surface area contributed by atoms with E-state index in [2.05, 4.69) is 22.2 Å². The summed E-state index contributed by atoms with van der Waals surface area (Å²) >= 11 is 0. The van der Waals surface area contributed by atoms with E-state index in [1.165, 1.54) is 19.2 Å². The van der Waals surface area contributed by atoms with Gasteiger partial charge in [-0.25, -0.2) is 4.98 Å². The Bertz CT molecular complexity index is 307. The molecule has 1 heterocycles. The fraction of sp³-hybridized carbons (Fsp3) is 0.727. The predicted octanol–water partition coefficient (Wildman–Crippen LogP) is 1.17. The Morgan fingerprint density at radius 3 is 3.00 bits per heavy atom. The number of oxazole rings is 1. The van der Waals surface area contributed by atoms with Crippen LogP contribution in [0.25, 0.3) is 0 Å². The van der Waals surface area contributed by atoms with Crippen molar-refractivity contribution in [3.05, 3.63) is 17.8 Å². The molecule has 1 fully saturated rings. The molecule has 1 N–H and O–H groups in total. The highest BCUT2D eigenvalue weighted by atomic mass is 16.3. The summed E-state index contributed by atoms with van der Waals surface area (Å²) in [6, 6.07) is 0.797. The predicted molar refractivity (Wildman–Crippen MR) is 58.6 cm³/mol. The van der Waals surface area contributed by atoms with Crippen molar-refractivity contribution in [1.29, 1.82) is 0 Å². The second kappa shape index (κ2) is 4.77. The number of hydrogen-bond donors (Lipinski definition) is 1. The van der Waals surface area contributed by atoms with E-state index in [1.54, 1.807) is 0 Å². The summed E-state index contributed by atoms with van der Waals surface area (Å²) in [4.78, 5) is 6.33. The Morgan fingerprint density at radius 2 is 2.40 bits per heavy atom. The van der Waals surface area contributed by atoms with Crippen LogP contribution in [-0.4, -0.2) is 36.1 Å². The van der Waals surface area contributed by atoms with Crippen molar-refractivity contribution < 1.29 is 4.42 Å². The Morgan fingerprint density at radius 1 is 1.60 bits per heavy atom. The van der Waals surface area contributed by atoms with Gasteiger partial charge in [-0.05, 0) is 26.8 Å². The van der Waals surface area contributed by atoms with Crippen LogP contribution in [0.1, 0.15) is 24.3 Å². The van der Waals surface area contributed by atoms with E-state index >= 15 is 0 Å². The first kappa shape index (κ1) is 10.6. The van der Waals surface area contributed by atoms with Crippen LogP contribution in [0.15, 0.2) is 10.8 Å². The Kier molecular flexibility index (Phi) is 3.38. The second-order valence-corrected chi connectivity index (χ2v) is 4.33. The van der Waals surface area contributed by atoms with Gasteiger partial charge in [-0.2, -0.15) is 0 Å². The van der Waals surface area contributed by atoms with Crippen LogP contribution in [0.3, 0.4) is 0 Å². The summed E-state index contributed by atoms with van der Waals surface area (Å²) in [7, 11) is 2.11. The third-order valence-electron chi connectivity index (χ3n) is 2.76. The van der Waals surface area contributed by atoms with Gasteiger partial charge >= 0.3 is 0 Å². The minimum atomic E-state index is 0.797. The van der Waals surface area contributed by atoms with Crippen molar-refractivity contribution in [2.24, 2.45) is 0 Å². The van der Waals surface area contributed by atoms with Gasteiger partial charge in [0.25, 0.3) is 0 Å². The monoisotopic (exact) mass is 209 g/mol. The summed E-state index contributed by atoms with van der Waals surface area (Å²) in [5.74, 6) is 0.976. The number of hydrogen-bond acceptors (Lipinski definition) is 4. The highest BCUT2D eigenvalue weighted by molar-refractivity contribution is 5.03. The normalized spacial score (nSPS) is 16.2. The fourth-order valence-corrected chi connectivity index (χ4v) is 1.55. The van der Waals surface area contributed by atoms with E-state index < -0.39 is 0 Å². The lowest BCUT2D eigenvalue weighted by Crippen LogP contribution is -2.30. The molecule has 0 atom stereocenters. The molecule has 0 saturated heterocycles. The first-order valence-corrected chi connectivity index (χ1v) is 5.56. The van der Waals surface area contributed by atoms with Crippen molar-refractivity contribution in [3.8, 4) is 0 Å². The van der Waals surface area contributed by atoms with Gasteiger partial charge < -0.3 is 9.73 Å². The van der Waals surface area contributed by atoms with Crippen LogP contribution in [0.5, 0.6) is 0 Å². The SMILES string of the molecule is Cc1ncoc1CN(C)CCNC1CC1. The Hall–Kier alpha value is -0.870. The molecule has 15 heavy (non-hydrogen) atoms. The molecule has 1 aliphatic carbocycles. The van der Waals surface area contributed by atoms with Gasteiger partial charge in [0.2, 0.25) is 0 Å². The molecule has 0 aliphatic heterocycles. The lowest BCUT2D eigenvalue weighted by Gasteiger charge is -2.15. The van der Waals surface area contributed by atoms with Crippen molar-refractivity contribution in [2.75, 3.05) is 20.1 Å². The van der Waals surface area contributed by atoms with Gasteiger partial charge in [-0.3, -0.25) is 4.90 Å².